The summed E-state index contributed by atoms with van der Waals surface area (Å²) in [4.78, 5) is 12.9. The molecule has 0 radical (unpaired) electrons. The molecule has 186 valence electrons. The van der Waals surface area contributed by atoms with Crippen LogP contribution in [0, 0.1) is 6.92 Å². The van der Waals surface area contributed by atoms with Crippen molar-refractivity contribution in [2.75, 3.05) is 11.1 Å². The average Bonchev–Trinajstić information content (AvgIpc) is 3.58. The van der Waals surface area contributed by atoms with Gasteiger partial charge in [0.25, 0.3) is 0 Å². The lowest BCUT2D eigenvalue weighted by molar-refractivity contribution is -0.113. The predicted octanol–water partition coefficient (Wildman–Crippen LogP) is 6.20. The maximum absolute atomic E-state index is 12.9. The number of anilines is 1. The number of para-hydroxylation sites is 1. The molecule has 0 saturated heterocycles. The van der Waals surface area contributed by atoms with Gasteiger partial charge in [-0.15, -0.1) is 10.2 Å². The molecule has 3 aromatic carbocycles. The first kappa shape index (κ1) is 24.4. The van der Waals surface area contributed by atoms with Gasteiger partial charge in [0.1, 0.15) is 18.1 Å². The highest BCUT2D eigenvalue weighted by molar-refractivity contribution is 7.99. The number of benzene rings is 3. The smallest absolute Gasteiger partial charge is 0.234 e. The van der Waals surface area contributed by atoms with Crippen molar-refractivity contribution < 1.29 is 13.9 Å². The molecule has 1 amide bonds. The molecule has 0 spiro atoms. The number of amides is 1. The van der Waals surface area contributed by atoms with Gasteiger partial charge in [-0.1, -0.05) is 78.0 Å². The van der Waals surface area contributed by atoms with Gasteiger partial charge >= 0.3 is 0 Å². The van der Waals surface area contributed by atoms with Crippen LogP contribution < -0.4 is 10.1 Å². The highest BCUT2D eigenvalue weighted by Crippen LogP contribution is 2.28. The van der Waals surface area contributed by atoms with Crippen LogP contribution in [0.3, 0.4) is 0 Å². The molecule has 8 heteroatoms. The Hall–Kier alpha value is -4.30. The van der Waals surface area contributed by atoms with Crippen LogP contribution in [0.1, 0.15) is 17.1 Å². The molecule has 5 rings (SSSR count). The molecule has 1 N–H and O–H groups in total. The van der Waals surface area contributed by atoms with Crippen molar-refractivity contribution in [1.82, 2.24) is 14.8 Å². The van der Waals surface area contributed by atoms with Crippen LogP contribution in [0.25, 0.3) is 11.1 Å². The first-order chi connectivity index (χ1) is 18.2. The number of carbonyl (C=O) groups excluding carboxylic acids is 1. The van der Waals surface area contributed by atoms with Crippen LogP contribution in [-0.4, -0.2) is 26.4 Å². The third kappa shape index (κ3) is 6.29. The fourth-order valence-electron chi connectivity index (χ4n) is 3.81. The minimum Gasteiger partial charge on any atom is -0.486 e. The van der Waals surface area contributed by atoms with E-state index >= 15 is 0 Å². The van der Waals surface area contributed by atoms with E-state index in [4.69, 9.17) is 9.15 Å². The molecule has 37 heavy (non-hydrogen) atoms. The summed E-state index contributed by atoms with van der Waals surface area (Å²) in [7, 11) is 0. The van der Waals surface area contributed by atoms with E-state index in [-0.39, 0.29) is 18.3 Å². The van der Waals surface area contributed by atoms with E-state index < -0.39 is 0 Å². The summed E-state index contributed by atoms with van der Waals surface area (Å²) >= 11 is 1.32. The second-order valence-corrected chi connectivity index (χ2v) is 9.36. The van der Waals surface area contributed by atoms with Crippen LogP contribution >= 0.6 is 11.8 Å². The molecular formula is C29H26N4O3S. The Balaban J connectivity index is 1.28. The maximum atomic E-state index is 12.9. The fourth-order valence-corrected chi connectivity index (χ4v) is 4.57. The number of thioether (sulfide) groups is 1. The normalized spacial score (nSPS) is 10.8. The summed E-state index contributed by atoms with van der Waals surface area (Å²) in [5, 5.41) is 12.3. The molecule has 0 unspecified atom stereocenters. The second-order valence-electron chi connectivity index (χ2n) is 8.41. The molecule has 0 aliphatic heterocycles. The number of aromatic nitrogens is 3. The maximum Gasteiger partial charge on any atom is 0.234 e. The van der Waals surface area contributed by atoms with Gasteiger partial charge in [0.2, 0.25) is 5.91 Å². The minimum atomic E-state index is -0.126. The second kappa shape index (κ2) is 11.6. The third-order valence-corrected chi connectivity index (χ3v) is 6.66. The summed E-state index contributed by atoms with van der Waals surface area (Å²) in [6, 6.07) is 29.4. The molecule has 0 saturated carbocycles. The zero-order chi connectivity index (χ0) is 25.5. The summed E-state index contributed by atoms with van der Waals surface area (Å²) in [5.41, 5.74) is 3.95. The topological polar surface area (TPSA) is 82.2 Å². The lowest BCUT2D eigenvalue weighted by atomic mass is 10.0. The number of nitrogens with zero attached hydrogens (tertiary/aromatic N) is 3. The van der Waals surface area contributed by atoms with Crippen molar-refractivity contribution in [2.45, 2.75) is 25.2 Å². The summed E-state index contributed by atoms with van der Waals surface area (Å²) < 4.78 is 13.4. The Labute approximate surface area is 219 Å². The summed E-state index contributed by atoms with van der Waals surface area (Å²) in [6.07, 6.45) is 1.63. The zero-order valence-electron chi connectivity index (χ0n) is 20.3. The minimum absolute atomic E-state index is 0.126. The van der Waals surface area contributed by atoms with Gasteiger partial charge in [0.15, 0.2) is 11.0 Å². The van der Waals surface area contributed by atoms with Gasteiger partial charge in [0.05, 0.1) is 18.6 Å². The summed E-state index contributed by atoms with van der Waals surface area (Å²) in [5.74, 6) is 2.22. The molecular weight excluding hydrogens is 484 g/mol. The number of hydrogen-bond acceptors (Lipinski definition) is 6. The van der Waals surface area contributed by atoms with Gasteiger partial charge in [-0.25, -0.2) is 0 Å². The van der Waals surface area contributed by atoms with Crippen LogP contribution in [0.2, 0.25) is 0 Å². The van der Waals surface area contributed by atoms with Crippen molar-refractivity contribution >= 4 is 23.4 Å². The van der Waals surface area contributed by atoms with E-state index in [1.165, 1.54) is 11.8 Å². The fraction of sp³-hybridized carbons (Fsp3) is 0.138. The highest BCUT2D eigenvalue weighted by Gasteiger charge is 2.17. The van der Waals surface area contributed by atoms with Crippen molar-refractivity contribution in [2.24, 2.45) is 0 Å². The molecule has 2 heterocycles. The first-order valence-corrected chi connectivity index (χ1v) is 12.9. The van der Waals surface area contributed by atoms with E-state index in [9.17, 15) is 4.79 Å². The van der Waals surface area contributed by atoms with E-state index in [1.54, 1.807) is 6.26 Å². The third-order valence-electron chi connectivity index (χ3n) is 5.69. The number of aryl methyl sites for hydroxylation is 1. The lowest BCUT2D eigenvalue weighted by Crippen LogP contribution is -2.15. The summed E-state index contributed by atoms with van der Waals surface area (Å²) in [6.45, 7) is 2.71. The standard InChI is InChI=1S/C29H26N4O3S/c1-21-13-15-23(16-14-21)36-19-27-31-32-29(33(27)18-24-10-7-17-35-24)37-20-28(34)30-26-12-6-5-11-25(26)22-8-3-2-4-9-22/h2-17H,18-20H2,1H3,(H,30,34). The van der Waals surface area contributed by atoms with Crippen molar-refractivity contribution in [1.29, 1.82) is 0 Å². The molecule has 0 aliphatic rings. The number of ether oxygens (including phenoxy) is 1. The largest absolute Gasteiger partial charge is 0.486 e. The quantitative estimate of drug-likeness (QED) is 0.225. The molecule has 2 aromatic heterocycles. The molecule has 0 bridgehead atoms. The predicted molar refractivity (Wildman–Crippen MR) is 145 cm³/mol. The van der Waals surface area contributed by atoms with E-state index in [2.05, 4.69) is 15.5 Å². The Morgan fingerprint density at radius 2 is 1.73 bits per heavy atom. The monoisotopic (exact) mass is 510 g/mol. The molecule has 5 aromatic rings. The number of rotatable bonds is 10. The number of furan rings is 1. The molecule has 7 nitrogen and oxygen atoms in total. The van der Waals surface area contributed by atoms with Gasteiger partial charge in [-0.3, -0.25) is 9.36 Å². The molecule has 0 fully saturated rings. The van der Waals surface area contributed by atoms with E-state index in [1.807, 2.05) is 102 Å². The Bertz CT molecular complexity index is 1450. The lowest BCUT2D eigenvalue weighted by Gasteiger charge is -2.12. The van der Waals surface area contributed by atoms with Gasteiger partial charge in [-0.2, -0.15) is 0 Å². The van der Waals surface area contributed by atoms with E-state index in [0.717, 1.165) is 33.9 Å². The first-order valence-electron chi connectivity index (χ1n) is 11.9. The average molecular weight is 511 g/mol. The van der Waals surface area contributed by atoms with Gasteiger partial charge in [0, 0.05) is 11.3 Å². The van der Waals surface area contributed by atoms with E-state index in [0.29, 0.717) is 17.5 Å². The Morgan fingerprint density at radius 3 is 2.51 bits per heavy atom. The van der Waals surface area contributed by atoms with Crippen LogP contribution in [-0.2, 0) is 17.9 Å². The van der Waals surface area contributed by atoms with Crippen LogP contribution in [0.5, 0.6) is 5.75 Å². The van der Waals surface area contributed by atoms with Crippen molar-refractivity contribution in [3.05, 3.63) is 114 Å². The van der Waals surface area contributed by atoms with Crippen molar-refractivity contribution in [3.63, 3.8) is 0 Å². The molecule has 0 atom stereocenters. The zero-order valence-corrected chi connectivity index (χ0v) is 21.2. The Kier molecular flexibility index (Phi) is 7.66. The van der Waals surface area contributed by atoms with Crippen LogP contribution in [0.15, 0.2) is 107 Å². The molecule has 0 aliphatic carbocycles. The number of hydrogen-bond donors (Lipinski definition) is 1. The number of nitrogens with one attached hydrogen (secondary N) is 1. The number of carbonyl (C=O) groups is 1. The highest BCUT2D eigenvalue weighted by atomic mass is 32.2. The SMILES string of the molecule is Cc1ccc(OCc2nnc(SCC(=O)Nc3ccccc3-c3ccccc3)n2Cc2ccco2)cc1. The van der Waals surface area contributed by atoms with Crippen LogP contribution in [0.4, 0.5) is 5.69 Å². The van der Waals surface area contributed by atoms with Gasteiger partial charge in [-0.05, 0) is 42.8 Å². The van der Waals surface area contributed by atoms with Gasteiger partial charge < -0.3 is 14.5 Å². The Morgan fingerprint density at radius 1 is 0.946 bits per heavy atom. The van der Waals surface area contributed by atoms with Crippen molar-refractivity contribution in [3.8, 4) is 16.9 Å².